The summed E-state index contributed by atoms with van der Waals surface area (Å²) >= 11 is 0. The highest BCUT2D eigenvalue weighted by Gasteiger charge is 2.47. The smallest absolute Gasteiger partial charge is 0.306 e. The predicted octanol–water partition coefficient (Wildman–Crippen LogP) is 9.52. The van der Waals surface area contributed by atoms with Gasteiger partial charge in [0.05, 0.1) is 26.4 Å². The van der Waals surface area contributed by atoms with Gasteiger partial charge in [0.25, 0.3) is 0 Å². The number of aliphatic hydroxyl groups is 7. The minimum absolute atomic E-state index is 0.0538. The highest BCUT2D eigenvalue weighted by atomic mass is 16.7. The third-order valence-corrected chi connectivity index (χ3v) is 13.3. The summed E-state index contributed by atoms with van der Waals surface area (Å²) in [4.78, 5) is 13.1. The van der Waals surface area contributed by atoms with Gasteiger partial charge in [-0.05, 0) is 77.0 Å². The van der Waals surface area contributed by atoms with Gasteiger partial charge in [-0.15, -0.1) is 0 Å². The van der Waals surface area contributed by atoms with Crippen LogP contribution < -0.4 is 0 Å². The van der Waals surface area contributed by atoms with Crippen LogP contribution in [0, 0.1) is 0 Å². The minimum Gasteiger partial charge on any atom is -0.457 e. The predicted molar refractivity (Wildman–Crippen MR) is 279 cm³/mol. The third-order valence-electron chi connectivity index (χ3n) is 13.3. The Balaban J connectivity index is 1.72. The lowest BCUT2D eigenvalue weighted by Gasteiger charge is -2.42. The first-order valence-electron chi connectivity index (χ1n) is 28.2. The highest BCUT2D eigenvalue weighted by Crippen LogP contribution is 2.26. The molecule has 0 amide bonds. The summed E-state index contributed by atoms with van der Waals surface area (Å²) in [6, 6.07) is 0. The minimum atomic E-state index is -1.71. The van der Waals surface area contributed by atoms with Crippen molar-refractivity contribution in [2.24, 2.45) is 0 Å². The molecule has 0 spiro atoms. The molecule has 0 aromatic rings. The Morgan fingerprint density at radius 1 is 0.465 bits per heavy atom. The number of carbonyl (C=O) groups excluding carboxylic acids is 1. The zero-order valence-corrected chi connectivity index (χ0v) is 44.2. The number of rotatable bonds is 45. The molecule has 0 bridgehead atoms. The zero-order valence-electron chi connectivity index (χ0n) is 44.2. The summed E-state index contributed by atoms with van der Waals surface area (Å²) in [5.41, 5.74) is 0. The van der Waals surface area contributed by atoms with Crippen LogP contribution in [-0.2, 0) is 33.2 Å². The normalized spacial score (nSPS) is 25.6. The first-order chi connectivity index (χ1) is 34.6. The molecule has 0 saturated carbocycles. The third kappa shape index (κ3) is 31.4. The van der Waals surface area contributed by atoms with Crippen LogP contribution in [0.3, 0.4) is 0 Å². The van der Waals surface area contributed by atoms with E-state index >= 15 is 0 Å². The Morgan fingerprint density at radius 3 is 1.39 bits per heavy atom. The molecule has 71 heavy (non-hydrogen) atoms. The number of aliphatic hydroxyl groups excluding tert-OH is 7. The van der Waals surface area contributed by atoms with Gasteiger partial charge in [0.1, 0.15) is 54.9 Å². The van der Waals surface area contributed by atoms with Crippen LogP contribution in [0.25, 0.3) is 0 Å². The molecule has 0 aromatic heterocycles. The monoisotopic (exact) mass is 1010 g/mol. The van der Waals surface area contributed by atoms with E-state index in [1.165, 1.54) is 116 Å². The van der Waals surface area contributed by atoms with E-state index in [4.69, 9.17) is 28.4 Å². The van der Waals surface area contributed by atoms with Crippen molar-refractivity contribution in [2.45, 2.75) is 274 Å². The Hall–Kier alpha value is -2.05. The lowest BCUT2D eigenvalue weighted by molar-refractivity contribution is -0.332. The van der Waals surface area contributed by atoms with E-state index in [2.05, 4.69) is 62.5 Å². The molecular formula is C57H102O14. The topological polar surface area (TPSA) is 214 Å². The molecule has 14 heteroatoms. The number of carbonyl (C=O) groups is 1. The molecule has 14 nitrogen and oxygen atoms in total. The second kappa shape index (κ2) is 44.3. The molecule has 2 saturated heterocycles. The molecule has 2 rings (SSSR count). The summed E-state index contributed by atoms with van der Waals surface area (Å²) in [5, 5.41) is 72.2. The van der Waals surface area contributed by atoms with Gasteiger partial charge >= 0.3 is 5.97 Å². The van der Waals surface area contributed by atoms with Crippen molar-refractivity contribution in [3.8, 4) is 0 Å². The zero-order chi connectivity index (χ0) is 51.6. The first kappa shape index (κ1) is 65.1. The van der Waals surface area contributed by atoms with E-state index in [0.717, 1.165) is 64.2 Å². The van der Waals surface area contributed by atoms with Crippen LogP contribution in [0.4, 0.5) is 0 Å². The summed E-state index contributed by atoms with van der Waals surface area (Å²) in [6.07, 6.45) is 35.9. The molecule has 2 heterocycles. The Labute approximate surface area is 429 Å². The lowest BCUT2D eigenvalue weighted by Crippen LogP contribution is -2.61. The van der Waals surface area contributed by atoms with Crippen LogP contribution >= 0.6 is 0 Å². The lowest BCUT2D eigenvalue weighted by atomic mass is 9.98. The number of ether oxygens (including phenoxy) is 6. The largest absolute Gasteiger partial charge is 0.457 e. The van der Waals surface area contributed by atoms with Crippen LogP contribution in [0.1, 0.15) is 206 Å². The van der Waals surface area contributed by atoms with E-state index in [1.54, 1.807) is 0 Å². The van der Waals surface area contributed by atoms with Crippen LogP contribution in [0.2, 0.25) is 0 Å². The van der Waals surface area contributed by atoms with Gasteiger partial charge in [0.15, 0.2) is 12.6 Å². The molecule has 11 unspecified atom stereocenters. The van der Waals surface area contributed by atoms with Crippen LogP contribution in [0.5, 0.6) is 0 Å². The van der Waals surface area contributed by atoms with Crippen molar-refractivity contribution >= 4 is 5.97 Å². The maximum absolute atomic E-state index is 13.1. The summed E-state index contributed by atoms with van der Waals surface area (Å²) in [5.74, 6) is -0.385. The molecule has 0 aromatic carbocycles. The molecule has 7 N–H and O–H groups in total. The second-order valence-corrected chi connectivity index (χ2v) is 19.8. The van der Waals surface area contributed by atoms with Crippen molar-refractivity contribution in [2.75, 3.05) is 33.0 Å². The van der Waals surface area contributed by atoms with Gasteiger partial charge < -0.3 is 64.2 Å². The molecule has 2 aliphatic heterocycles. The maximum Gasteiger partial charge on any atom is 0.306 e. The number of hydrogen-bond donors (Lipinski definition) is 7. The van der Waals surface area contributed by atoms with Gasteiger partial charge in [-0.3, -0.25) is 4.79 Å². The molecular weight excluding hydrogens is 909 g/mol. The molecule has 11 atom stereocenters. The van der Waals surface area contributed by atoms with E-state index in [0.29, 0.717) is 13.0 Å². The van der Waals surface area contributed by atoms with Crippen molar-refractivity contribution in [3.63, 3.8) is 0 Å². The van der Waals surface area contributed by atoms with Gasteiger partial charge in [0.2, 0.25) is 0 Å². The summed E-state index contributed by atoms with van der Waals surface area (Å²) < 4.78 is 34.3. The number of esters is 1. The highest BCUT2D eigenvalue weighted by molar-refractivity contribution is 5.69. The standard InChI is InChI=1S/C57H102O14/c1-3-5-7-9-11-13-15-17-19-20-21-22-23-24-25-26-27-28-30-32-34-36-38-40-49(59)69-46(43-66-41-39-37-35-33-31-29-18-16-14-12-10-8-6-4-2)44-67-56-55(65)53(63)51(61)48(71-56)45-68-57-54(64)52(62)50(60)47(42-58)70-57/h14-17,20-21,23-24,46-48,50-58,60-65H,3-13,18-19,22,25-45H2,1-2H3/b16-14-,17-15-,21-20-,24-23-. The van der Waals surface area contributed by atoms with Crippen LogP contribution in [0.15, 0.2) is 48.6 Å². The van der Waals surface area contributed by atoms with Crippen molar-refractivity contribution in [1.29, 1.82) is 0 Å². The Bertz CT molecular complexity index is 1360. The van der Waals surface area contributed by atoms with Gasteiger partial charge in [-0.1, -0.05) is 172 Å². The summed E-state index contributed by atoms with van der Waals surface area (Å²) in [7, 11) is 0. The fourth-order valence-electron chi connectivity index (χ4n) is 8.70. The van der Waals surface area contributed by atoms with E-state index in [9.17, 15) is 40.5 Å². The van der Waals surface area contributed by atoms with Gasteiger partial charge in [0, 0.05) is 13.0 Å². The molecule has 0 radical (unpaired) electrons. The first-order valence-corrected chi connectivity index (χ1v) is 28.2. The molecule has 0 aliphatic carbocycles. The average Bonchev–Trinajstić information content (AvgIpc) is 3.37. The number of hydrogen-bond acceptors (Lipinski definition) is 14. The van der Waals surface area contributed by atoms with Gasteiger partial charge in [-0.25, -0.2) is 0 Å². The molecule has 2 fully saturated rings. The van der Waals surface area contributed by atoms with Crippen molar-refractivity contribution in [3.05, 3.63) is 48.6 Å². The fourth-order valence-corrected chi connectivity index (χ4v) is 8.70. The number of allylic oxidation sites excluding steroid dienone is 8. The quantitative estimate of drug-likeness (QED) is 0.0172. The van der Waals surface area contributed by atoms with Crippen molar-refractivity contribution < 1.29 is 69.0 Å². The van der Waals surface area contributed by atoms with Gasteiger partial charge in [-0.2, -0.15) is 0 Å². The SMILES string of the molecule is CCCCCC/C=C\CCCCCCCCOCC(COC1OC(COC2OC(CO)C(O)C(O)C2O)C(O)C(O)C1O)OC(=O)CCCCCCCCCC/C=C\C/C=C\C/C=C\CCCCCCC. The van der Waals surface area contributed by atoms with E-state index in [1.807, 2.05) is 0 Å². The van der Waals surface area contributed by atoms with E-state index in [-0.39, 0.29) is 25.6 Å². The maximum atomic E-state index is 13.1. The molecule has 414 valence electrons. The fraction of sp³-hybridized carbons (Fsp3) is 0.842. The second-order valence-electron chi connectivity index (χ2n) is 19.8. The average molecular weight is 1010 g/mol. The molecule has 2 aliphatic rings. The summed E-state index contributed by atoms with van der Waals surface area (Å²) in [6.45, 7) is 3.65. The van der Waals surface area contributed by atoms with Crippen molar-refractivity contribution in [1.82, 2.24) is 0 Å². The number of unbranched alkanes of at least 4 members (excludes halogenated alkanes) is 23. The Morgan fingerprint density at radius 2 is 0.873 bits per heavy atom. The van der Waals surface area contributed by atoms with Crippen LogP contribution in [-0.4, -0.2) is 142 Å². The van der Waals surface area contributed by atoms with E-state index < -0.39 is 80.7 Å². The Kier molecular flexibility index (Phi) is 40.6.